The first kappa shape index (κ1) is 15.2. The summed E-state index contributed by atoms with van der Waals surface area (Å²) in [4.78, 5) is 14.0. The molecule has 1 amide bonds. The van der Waals surface area contributed by atoms with Gasteiger partial charge in [-0.15, -0.1) is 0 Å². The van der Waals surface area contributed by atoms with Crippen molar-refractivity contribution in [2.45, 2.75) is 12.2 Å². The minimum Gasteiger partial charge on any atom is -0.496 e. The second-order valence-electron chi connectivity index (χ2n) is 4.75. The highest BCUT2D eigenvalue weighted by atomic mass is 32.2. The van der Waals surface area contributed by atoms with E-state index in [0.717, 1.165) is 43.4 Å². The minimum absolute atomic E-state index is 0.277. The summed E-state index contributed by atoms with van der Waals surface area (Å²) >= 11 is 1.79. The molecule has 5 heteroatoms. The zero-order valence-electron chi connectivity index (χ0n) is 11.9. The maximum absolute atomic E-state index is 12.0. The Kier molecular flexibility index (Phi) is 6.21. The number of carbonyl (C=O) groups is 1. The van der Waals surface area contributed by atoms with Gasteiger partial charge in [0.05, 0.1) is 7.11 Å². The Hall–Kier alpha value is -1.20. The highest BCUT2D eigenvalue weighted by Crippen LogP contribution is 2.23. The quantitative estimate of drug-likeness (QED) is 0.812. The largest absolute Gasteiger partial charge is 0.496 e. The molecular formula is C15H22N2O2S. The van der Waals surface area contributed by atoms with Crippen LogP contribution in [0.4, 0.5) is 0 Å². The van der Waals surface area contributed by atoms with Gasteiger partial charge >= 0.3 is 0 Å². The van der Waals surface area contributed by atoms with Gasteiger partial charge in [-0.2, -0.15) is 11.8 Å². The molecule has 1 heterocycles. The Morgan fingerprint density at radius 1 is 1.35 bits per heavy atom. The monoisotopic (exact) mass is 294 g/mol. The molecule has 1 N–H and O–H groups in total. The summed E-state index contributed by atoms with van der Waals surface area (Å²) < 4.78 is 5.32. The predicted molar refractivity (Wildman–Crippen MR) is 83.2 cm³/mol. The number of carbonyl (C=O) groups excluding carboxylic acids is 1. The van der Waals surface area contributed by atoms with Crippen molar-refractivity contribution in [3.63, 3.8) is 0 Å². The van der Waals surface area contributed by atoms with Crippen LogP contribution >= 0.6 is 11.8 Å². The number of nitrogens with one attached hydrogen (secondary N) is 1. The number of piperazine rings is 1. The van der Waals surface area contributed by atoms with Crippen molar-refractivity contribution in [1.29, 1.82) is 0 Å². The van der Waals surface area contributed by atoms with Crippen molar-refractivity contribution in [2.24, 2.45) is 0 Å². The maximum atomic E-state index is 12.0. The van der Waals surface area contributed by atoms with Gasteiger partial charge in [-0.3, -0.25) is 4.79 Å². The standard InChI is InChI=1S/C15H22N2O2S/c1-19-14-5-3-2-4-13(14)12-20-11-6-15(18)17-9-7-16-8-10-17/h2-5,16H,6-12H2,1H3. The van der Waals surface area contributed by atoms with Gasteiger partial charge in [-0.1, -0.05) is 18.2 Å². The zero-order valence-corrected chi connectivity index (χ0v) is 12.7. The van der Waals surface area contributed by atoms with Crippen LogP contribution in [0.3, 0.4) is 0 Å². The van der Waals surface area contributed by atoms with Crippen molar-refractivity contribution in [3.8, 4) is 5.75 Å². The first-order valence-corrected chi connectivity index (χ1v) is 8.15. The van der Waals surface area contributed by atoms with Crippen LogP contribution in [0, 0.1) is 0 Å². The number of nitrogens with zero attached hydrogens (tertiary/aromatic N) is 1. The Bertz CT molecular complexity index is 434. The smallest absolute Gasteiger partial charge is 0.223 e. The van der Waals surface area contributed by atoms with Crippen LogP contribution in [0.15, 0.2) is 24.3 Å². The third kappa shape index (κ3) is 4.42. The predicted octanol–water partition coefficient (Wildman–Crippen LogP) is 1.75. The molecule has 20 heavy (non-hydrogen) atoms. The Labute approximate surface area is 124 Å². The van der Waals surface area contributed by atoms with Gasteiger partial charge in [0, 0.05) is 49.7 Å². The summed E-state index contributed by atoms with van der Waals surface area (Å²) in [6.45, 7) is 3.52. The Balaban J connectivity index is 1.69. The molecular weight excluding hydrogens is 272 g/mol. The number of para-hydroxylation sites is 1. The van der Waals surface area contributed by atoms with Gasteiger partial charge in [0.25, 0.3) is 0 Å². The third-order valence-electron chi connectivity index (χ3n) is 3.38. The van der Waals surface area contributed by atoms with Crippen molar-refractivity contribution < 1.29 is 9.53 Å². The van der Waals surface area contributed by atoms with Crippen LogP contribution in [0.25, 0.3) is 0 Å². The summed E-state index contributed by atoms with van der Waals surface area (Å²) in [6, 6.07) is 8.04. The van der Waals surface area contributed by atoms with Crippen LogP contribution in [0.5, 0.6) is 5.75 Å². The van der Waals surface area contributed by atoms with Crippen LogP contribution in [-0.2, 0) is 10.5 Å². The molecule has 0 saturated carbocycles. The van der Waals surface area contributed by atoms with Gasteiger partial charge in [0.15, 0.2) is 0 Å². The molecule has 1 saturated heterocycles. The molecule has 1 fully saturated rings. The fourth-order valence-corrected chi connectivity index (χ4v) is 3.16. The van der Waals surface area contributed by atoms with Gasteiger partial charge in [0.2, 0.25) is 5.91 Å². The second kappa shape index (κ2) is 8.17. The molecule has 2 rings (SSSR count). The number of methoxy groups -OCH3 is 1. The number of ether oxygens (including phenoxy) is 1. The van der Waals surface area contributed by atoms with Gasteiger partial charge in [-0.25, -0.2) is 0 Å². The Morgan fingerprint density at radius 3 is 2.85 bits per heavy atom. The Morgan fingerprint density at radius 2 is 2.10 bits per heavy atom. The van der Waals surface area contributed by atoms with Crippen LogP contribution < -0.4 is 10.1 Å². The molecule has 1 aliphatic heterocycles. The fourth-order valence-electron chi connectivity index (χ4n) is 2.24. The number of hydrogen-bond acceptors (Lipinski definition) is 4. The molecule has 110 valence electrons. The highest BCUT2D eigenvalue weighted by molar-refractivity contribution is 7.98. The topological polar surface area (TPSA) is 41.6 Å². The summed E-state index contributed by atoms with van der Waals surface area (Å²) in [5.74, 6) is 2.95. The van der Waals surface area contributed by atoms with E-state index in [0.29, 0.717) is 6.42 Å². The number of benzene rings is 1. The number of hydrogen-bond donors (Lipinski definition) is 1. The molecule has 0 aromatic heterocycles. The molecule has 0 radical (unpaired) electrons. The molecule has 1 aromatic rings. The van der Waals surface area contributed by atoms with E-state index in [1.807, 2.05) is 23.1 Å². The van der Waals surface area contributed by atoms with Crippen molar-refractivity contribution >= 4 is 17.7 Å². The molecule has 1 aliphatic rings. The SMILES string of the molecule is COc1ccccc1CSCCC(=O)N1CCNCC1. The highest BCUT2D eigenvalue weighted by Gasteiger charge is 2.15. The van der Waals surface area contributed by atoms with Crippen molar-refractivity contribution in [2.75, 3.05) is 39.0 Å². The average Bonchev–Trinajstić information content (AvgIpc) is 2.52. The maximum Gasteiger partial charge on any atom is 0.223 e. The van der Waals surface area contributed by atoms with Gasteiger partial charge in [-0.05, 0) is 6.07 Å². The molecule has 1 aromatic carbocycles. The van der Waals surface area contributed by atoms with Gasteiger partial charge in [0.1, 0.15) is 5.75 Å². The van der Waals surface area contributed by atoms with E-state index in [2.05, 4.69) is 11.4 Å². The first-order valence-electron chi connectivity index (χ1n) is 6.99. The first-order chi connectivity index (χ1) is 9.81. The minimum atomic E-state index is 0.277. The van der Waals surface area contributed by atoms with E-state index >= 15 is 0 Å². The summed E-state index contributed by atoms with van der Waals surface area (Å²) in [7, 11) is 1.69. The van der Waals surface area contributed by atoms with Crippen LogP contribution in [-0.4, -0.2) is 49.8 Å². The molecule has 4 nitrogen and oxygen atoms in total. The molecule has 0 spiro atoms. The summed E-state index contributed by atoms with van der Waals surface area (Å²) in [5, 5.41) is 3.26. The lowest BCUT2D eigenvalue weighted by molar-refractivity contribution is -0.131. The number of thioether (sulfide) groups is 1. The lowest BCUT2D eigenvalue weighted by Crippen LogP contribution is -2.46. The summed E-state index contributed by atoms with van der Waals surface area (Å²) in [6.07, 6.45) is 0.625. The normalized spacial score (nSPS) is 15.2. The van der Waals surface area contributed by atoms with E-state index in [4.69, 9.17) is 4.74 Å². The zero-order chi connectivity index (χ0) is 14.2. The molecule has 0 bridgehead atoms. The molecule has 0 aliphatic carbocycles. The van der Waals surface area contributed by atoms with Crippen molar-refractivity contribution in [1.82, 2.24) is 10.2 Å². The lowest BCUT2D eigenvalue weighted by Gasteiger charge is -2.27. The van der Waals surface area contributed by atoms with E-state index in [9.17, 15) is 4.79 Å². The van der Waals surface area contributed by atoms with Crippen LogP contribution in [0.2, 0.25) is 0 Å². The summed E-state index contributed by atoms with van der Waals surface area (Å²) in [5.41, 5.74) is 1.19. The van der Waals surface area contributed by atoms with E-state index in [-0.39, 0.29) is 5.91 Å². The molecule has 0 unspecified atom stereocenters. The third-order valence-corrected chi connectivity index (χ3v) is 4.39. The van der Waals surface area contributed by atoms with Crippen LogP contribution in [0.1, 0.15) is 12.0 Å². The number of amides is 1. The second-order valence-corrected chi connectivity index (χ2v) is 5.85. The average molecular weight is 294 g/mol. The van der Waals surface area contributed by atoms with E-state index < -0.39 is 0 Å². The fraction of sp³-hybridized carbons (Fsp3) is 0.533. The number of rotatable bonds is 6. The van der Waals surface area contributed by atoms with E-state index in [1.165, 1.54) is 5.56 Å². The lowest BCUT2D eigenvalue weighted by atomic mass is 10.2. The van der Waals surface area contributed by atoms with Gasteiger partial charge < -0.3 is 15.0 Å². The molecule has 0 atom stereocenters. The van der Waals surface area contributed by atoms with E-state index in [1.54, 1.807) is 18.9 Å². The van der Waals surface area contributed by atoms with Crippen molar-refractivity contribution in [3.05, 3.63) is 29.8 Å².